The number of rotatable bonds is 5. The molecule has 0 radical (unpaired) electrons. The number of para-hydroxylation sites is 1. The predicted octanol–water partition coefficient (Wildman–Crippen LogP) is 2.27. The van der Waals surface area contributed by atoms with E-state index in [1.54, 1.807) is 18.2 Å². The fourth-order valence-corrected chi connectivity index (χ4v) is 1.91. The summed E-state index contributed by atoms with van der Waals surface area (Å²) in [7, 11) is 1.33. The van der Waals surface area contributed by atoms with Crippen molar-refractivity contribution in [1.82, 2.24) is 5.32 Å². The fourth-order valence-electron chi connectivity index (χ4n) is 1.91. The van der Waals surface area contributed by atoms with Crippen LogP contribution < -0.4 is 5.32 Å². The molecule has 1 aromatic carbocycles. The highest BCUT2D eigenvalue weighted by Gasteiger charge is 2.32. The van der Waals surface area contributed by atoms with Gasteiger partial charge in [0, 0.05) is 18.2 Å². The SMILES string of the molecule is COC(=O)[C@@H](NCc1ccccc1[N+](=O)[O-])C(C)(C)C. The summed E-state index contributed by atoms with van der Waals surface area (Å²) in [6, 6.07) is 5.92. The van der Waals surface area contributed by atoms with Gasteiger partial charge in [0.15, 0.2) is 0 Å². The molecule has 0 saturated carbocycles. The predicted molar refractivity (Wildman–Crippen MR) is 75.2 cm³/mol. The number of ether oxygens (including phenoxy) is 1. The maximum atomic E-state index is 11.8. The van der Waals surface area contributed by atoms with E-state index in [-0.39, 0.29) is 23.6 Å². The van der Waals surface area contributed by atoms with Gasteiger partial charge in [-0.15, -0.1) is 0 Å². The standard InChI is InChI=1S/C14H20N2O4/c1-14(2,3)12(13(17)20-4)15-9-10-7-5-6-8-11(10)16(18)19/h5-8,12,15H,9H2,1-4H3/t12-/m1/s1. The lowest BCUT2D eigenvalue weighted by molar-refractivity contribution is -0.385. The van der Waals surface area contributed by atoms with Gasteiger partial charge in [-0.25, -0.2) is 0 Å². The van der Waals surface area contributed by atoms with Gasteiger partial charge in [0.1, 0.15) is 6.04 Å². The summed E-state index contributed by atoms with van der Waals surface area (Å²) in [5.74, 6) is -0.379. The van der Waals surface area contributed by atoms with Crippen LogP contribution in [0.2, 0.25) is 0 Å². The zero-order valence-corrected chi connectivity index (χ0v) is 12.2. The van der Waals surface area contributed by atoms with Gasteiger partial charge in [-0.2, -0.15) is 0 Å². The Hall–Kier alpha value is -1.95. The summed E-state index contributed by atoms with van der Waals surface area (Å²) in [5.41, 5.74) is 0.226. The second kappa shape index (κ2) is 6.47. The molecule has 0 unspecified atom stereocenters. The Kier molecular flexibility index (Phi) is 5.21. The number of carbonyl (C=O) groups is 1. The van der Waals surface area contributed by atoms with E-state index in [2.05, 4.69) is 5.32 Å². The van der Waals surface area contributed by atoms with Crippen LogP contribution in [0.3, 0.4) is 0 Å². The Morgan fingerprint density at radius 1 is 1.40 bits per heavy atom. The molecule has 0 saturated heterocycles. The minimum Gasteiger partial charge on any atom is -0.468 e. The highest BCUT2D eigenvalue weighted by atomic mass is 16.6. The van der Waals surface area contributed by atoms with Crippen molar-refractivity contribution in [2.24, 2.45) is 5.41 Å². The number of hydrogen-bond acceptors (Lipinski definition) is 5. The van der Waals surface area contributed by atoms with E-state index in [1.807, 2.05) is 20.8 Å². The Morgan fingerprint density at radius 2 is 2.00 bits per heavy atom. The van der Waals surface area contributed by atoms with Crippen LogP contribution >= 0.6 is 0 Å². The maximum Gasteiger partial charge on any atom is 0.323 e. The van der Waals surface area contributed by atoms with E-state index in [0.29, 0.717) is 5.56 Å². The Bertz CT molecular complexity index is 494. The van der Waals surface area contributed by atoms with E-state index < -0.39 is 11.0 Å². The lowest BCUT2D eigenvalue weighted by Gasteiger charge is -2.29. The van der Waals surface area contributed by atoms with Gasteiger partial charge in [0.2, 0.25) is 0 Å². The van der Waals surface area contributed by atoms with Crippen molar-refractivity contribution in [3.8, 4) is 0 Å². The summed E-state index contributed by atoms with van der Waals surface area (Å²) in [5, 5.41) is 14.0. The van der Waals surface area contributed by atoms with Crippen LogP contribution in [0.1, 0.15) is 26.3 Å². The van der Waals surface area contributed by atoms with Crippen molar-refractivity contribution in [3.63, 3.8) is 0 Å². The minimum absolute atomic E-state index is 0.0394. The second-order valence-electron chi connectivity index (χ2n) is 5.59. The monoisotopic (exact) mass is 280 g/mol. The van der Waals surface area contributed by atoms with Gasteiger partial charge < -0.3 is 4.74 Å². The molecule has 20 heavy (non-hydrogen) atoms. The first-order chi connectivity index (χ1) is 9.27. The van der Waals surface area contributed by atoms with Gasteiger partial charge in [0.25, 0.3) is 5.69 Å². The first-order valence-corrected chi connectivity index (χ1v) is 6.31. The van der Waals surface area contributed by atoms with Crippen molar-refractivity contribution in [2.75, 3.05) is 7.11 Å². The quantitative estimate of drug-likeness (QED) is 0.508. The van der Waals surface area contributed by atoms with Crippen LogP contribution in [0.15, 0.2) is 24.3 Å². The average Bonchev–Trinajstić information content (AvgIpc) is 2.37. The van der Waals surface area contributed by atoms with Crippen LogP contribution in [0.4, 0.5) is 5.69 Å². The third-order valence-electron chi connectivity index (χ3n) is 2.99. The molecule has 6 nitrogen and oxygen atoms in total. The summed E-state index contributed by atoms with van der Waals surface area (Å²) in [6.07, 6.45) is 0. The Balaban J connectivity index is 2.89. The molecule has 0 heterocycles. The van der Waals surface area contributed by atoms with Gasteiger partial charge in [-0.05, 0) is 5.41 Å². The molecule has 0 aliphatic carbocycles. The summed E-state index contributed by atoms with van der Waals surface area (Å²) < 4.78 is 4.77. The van der Waals surface area contributed by atoms with Gasteiger partial charge >= 0.3 is 5.97 Å². The van der Waals surface area contributed by atoms with E-state index in [4.69, 9.17) is 4.74 Å². The molecule has 0 aliphatic rings. The number of nitrogens with one attached hydrogen (secondary N) is 1. The molecule has 0 fully saturated rings. The van der Waals surface area contributed by atoms with Crippen molar-refractivity contribution < 1.29 is 14.5 Å². The van der Waals surface area contributed by atoms with Gasteiger partial charge in [0.05, 0.1) is 12.0 Å². The number of hydrogen-bond donors (Lipinski definition) is 1. The smallest absolute Gasteiger partial charge is 0.323 e. The largest absolute Gasteiger partial charge is 0.468 e. The molecule has 1 atom stereocenters. The van der Waals surface area contributed by atoms with E-state index in [1.165, 1.54) is 13.2 Å². The number of methoxy groups -OCH3 is 1. The molecule has 1 rings (SSSR count). The maximum absolute atomic E-state index is 11.8. The zero-order valence-electron chi connectivity index (χ0n) is 12.2. The minimum atomic E-state index is -0.535. The summed E-state index contributed by atoms with van der Waals surface area (Å²) in [6.45, 7) is 5.94. The van der Waals surface area contributed by atoms with Gasteiger partial charge in [-0.3, -0.25) is 20.2 Å². The third kappa shape index (κ3) is 4.03. The summed E-state index contributed by atoms with van der Waals surface area (Å²) >= 11 is 0. The van der Waals surface area contributed by atoms with Gasteiger partial charge in [-0.1, -0.05) is 39.0 Å². The molecular formula is C14H20N2O4. The van der Waals surface area contributed by atoms with Crippen molar-refractivity contribution in [1.29, 1.82) is 0 Å². The number of benzene rings is 1. The lowest BCUT2D eigenvalue weighted by Crippen LogP contribution is -2.46. The average molecular weight is 280 g/mol. The van der Waals surface area contributed by atoms with Crippen LogP contribution in [0.25, 0.3) is 0 Å². The molecule has 0 aromatic heterocycles. The Morgan fingerprint density at radius 3 is 2.50 bits per heavy atom. The number of nitro groups is 1. The molecule has 110 valence electrons. The molecule has 0 aliphatic heterocycles. The summed E-state index contributed by atoms with van der Waals surface area (Å²) in [4.78, 5) is 22.3. The molecule has 1 aromatic rings. The normalized spacial score (nSPS) is 12.8. The highest BCUT2D eigenvalue weighted by Crippen LogP contribution is 2.22. The molecule has 1 N–H and O–H groups in total. The molecule has 0 amide bonds. The molecular weight excluding hydrogens is 260 g/mol. The first-order valence-electron chi connectivity index (χ1n) is 6.31. The van der Waals surface area contributed by atoms with Crippen LogP contribution in [0, 0.1) is 15.5 Å². The number of nitrogens with zero attached hydrogens (tertiary/aromatic N) is 1. The topological polar surface area (TPSA) is 81.5 Å². The zero-order chi connectivity index (χ0) is 15.3. The van der Waals surface area contributed by atoms with E-state index >= 15 is 0 Å². The molecule has 0 bridgehead atoms. The number of carbonyl (C=O) groups excluding carboxylic acids is 1. The van der Waals surface area contributed by atoms with Crippen LogP contribution in [-0.2, 0) is 16.1 Å². The lowest BCUT2D eigenvalue weighted by atomic mass is 9.86. The number of nitro benzene ring substituents is 1. The van der Waals surface area contributed by atoms with Crippen LogP contribution in [0.5, 0.6) is 0 Å². The molecule has 0 spiro atoms. The van der Waals surface area contributed by atoms with E-state index in [0.717, 1.165) is 0 Å². The van der Waals surface area contributed by atoms with E-state index in [9.17, 15) is 14.9 Å². The third-order valence-corrected chi connectivity index (χ3v) is 2.99. The highest BCUT2D eigenvalue weighted by molar-refractivity contribution is 5.76. The fraction of sp³-hybridized carbons (Fsp3) is 0.500. The van der Waals surface area contributed by atoms with Crippen molar-refractivity contribution in [3.05, 3.63) is 39.9 Å². The van der Waals surface area contributed by atoms with Crippen molar-refractivity contribution >= 4 is 11.7 Å². The Labute approximate surface area is 118 Å². The second-order valence-corrected chi connectivity index (χ2v) is 5.59. The number of esters is 1. The van der Waals surface area contributed by atoms with Crippen LogP contribution in [-0.4, -0.2) is 24.0 Å². The van der Waals surface area contributed by atoms with Crippen molar-refractivity contribution in [2.45, 2.75) is 33.4 Å². The first kappa shape index (κ1) is 16.1. The molecule has 6 heteroatoms.